The molecule has 2 aromatic heterocycles. The van der Waals surface area contributed by atoms with Gasteiger partial charge in [0.1, 0.15) is 6.20 Å². The van der Waals surface area contributed by atoms with E-state index >= 15 is 0 Å². The van der Waals surface area contributed by atoms with Crippen LogP contribution in [-0.2, 0) is 6.54 Å². The minimum absolute atomic E-state index is 0.166. The normalized spacial score (nSPS) is 9.87. The summed E-state index contributed by atoms with van der Waals surface area (Å²) in [6, 6.07) is 3.67. The first-order chi connectivity index (χ1) is 7.36. The van der Waals surface area contributed by atoms with E-state index in [1.165, 1.54) is 6.20 Å². The molecule has 0 saturated carbocycles. The van der Waals surface area contributed by atoms with Gasteiger partial charge in [0.2, 0.25) is 0 Å². The summed E-state index contributed by atoms with van der Waals surface area (Å²) >= 11 is 0. The molecular weight excluding hydrogens is 196 g/mol. The van der Waals surface area contributed by atoms with Gasteiger partial charge in [-0.2, -0.15) is 0 Å². The topological polar surface area (TPSA) is 80.9 Å². The van der Waals surface area contributed by atoms with Gasteiger partial charge in [0.15, 0.2) is 5.69 Å². The number of nitrogens with zero attached hydrogens (tertiary/aromatic N) is 3. The zero-order valence-corrected chi connectivity index (χ0v) is 7.75. The Morgan fingerprint density at radius 1 is 1.47 bits per heavy atom. The first kappa shape index (κ1) is 9.32. The van der Waals surface area contributed by atoms with E-state index in [1.807, 2.05) is 6.07 Å². The Bertz CT molecular complexity index is 427. The molecule has 1 amide bonds. The number of hydrogen-bond donors (Lipinski definition) is 1. The smallest absolute Gasteiger partial charge is 0.275 e. The van der Waals surface area contributed by atoms with E-state index in [-0.39, 0.29) is 11.6 Å². The minimum Gasteiger partial charge on any atom is -0.346 e. The zero-order chi connectivity index (χ0) is 10.5. The Morgan fingerprint density at radius 3 is 3.07 bits per heavy atom. The van der Waals surface area contributed by atoms with E-state index in [2.05, 4.69) is 25.2 Å². The lowest BCUT2D eigenvalue weighted by molar-refractivity contribution is 0.0941. The molecule has 0 radical (unpaired) electrons. The largest absolute Gasteiger partial charge is 0.346 e. The summed E-state index contributed by atoms with van der Waals surface area (Å²) in [5.41, 5.74) is 1.08. The summed E-state index contributed by atoms with van der Waals surface area (Å²) in [4.78, 5) is 15.3. The highest BCUT2D eigenvalue weighted by molar-refractivity contribution is 5.91. The first-order valence-electron chi connectivity index (χ1n) is 4.31. The Labute approximate surface area is 85.3 Å². The van der Waals surface area contributed by atoms with Crippen molar-refractivity contribution in [1.29, 1.82) is 0 Å². The van der Waals surface area contributed by atoms with Gasteiger partial charge in [0.05, 0.1) is 0 Å². The maximum atomic E-state index is 11.4. The molecule has 0 aliphatic rings. The van der Waals surface area contributed by atoms with Gasteiger partial charge in [-0.25, -0.2) is 4.63 Å². The van der Waals surface area contributed by atoms with Crippen LogP contribution in [-0.4, -0.2) is 21.2 Å². The molecule has 1 N–H and O–H groups in total. The predicted octanol–water partition coefficient (Wildman–Crippen LogP) is 0.395. The summed E-state index contributed by atoms with van der Waals surface area (Å²) in [6.07, 6.45) is 4.62. The van der Waals surface area contributed by atoms with Gasteiger partial charge in [-0.1, -0.05) is 11.2 Å². The second-order valence-corrected chi connectivity index (χ2v) is 2.84. The number of aromatic nitrogens is 3. The molecule has 0 saturated heterocycles. The van der Waals surface area contributed by atoms with Crippen LogP contribution in [0.15, 0.2) is 35.4 Å². The molecule has 0 fully saturated rings. The van der Waals surface area contributed by atoms with Crippen molar-refractivity contribution in [2.24, 2.45) is 0 Å². The Kier molecular flexibility index (Phi) is 2.68. The molecule has 6 heteroatoms. The maximum Gasteiger partial charge on any atom is 0.275 e. The fraction of sp³-hybridized carbons (Fsp3) is 0.111. The van der Waals surface area contributed by atoms with Crippen LogP contribution in [0.2, 0.25) is 0 Å². The first-order valence-corrected chi connectivity index (χ1v) is 4.31. The quantitative estimate of drug-likeness (QED) is 0.782. The highest BCUT2D eigenvalue weighted by Crippen LogP contribution is 1.96. The average molecular weight is 204 g/mol. The van der Waals surface area contributed by atoms with Gasteiger partial charge in [0, 0.05) is 18.9 Å². The minimum atomic E-state index is -0.319. The summed E-state index contributed by atoms with van der Waals surface area (Å²) in [7, 11) is 0. The van der Waals surface area contributed by atoms with E-state index in [0.29, 0.717) is 6.54 Å². The molecule has 0 bridgehead atoms. The molecule has 0 atom stereocenters. The molecule has 0 spiro atoms. The van der Waals surface area contributed by atoms with Gasteiger partial charge in [0.25, 0.3) is 5.91 Å². The van der Waals surface area contributed by atoms with Crippen molar-refractivity contribution in [3.63, 3.8) is 0 Å². The Morgan fingerprint density at radius 2 is 2.40 bits per heavy atom. The fourth-order valence-corrected chi connectivity index (χ4v) is 1.04. The van der Waals surface area contributed by atoms with Crippen molar-refractivity contribution in [1.82, 2.24) is 20.6 Å². The van der Waals surface area contributed by atoms with Crippen molar-refractivity contribution >= 4 is 5.91 Å². The van der Waals surface area contributed by atoms with Crippen molar-refractivity contribution < 1.29 is 9.42 Å². The molecule has 0 aliphatic carbocycles. The van der Waals surface area contributed by atoms with Gasteiger partial charge in [-0.3, -0.25) is 9.78 Å². The van der Waals surface area contributed by atoms with Crippen LogP contribution >= 0.6 is 0 Å². The van der Waals surface area contributed by atoms with Gasteiger partial charge in [-0.15, -0.1) is 0 Å². The highest BCUT2D eigenvalue weighted by atomic mass is 16.6. The number of amides is 1. The fourth-order valence-electron chi connectivity index (χ4n) is 1.04. The van der Waals surface area contributed by atoms with E-state index in [0.717, 1.165) is 5.56 Å². The lowest BCUT2D eigenvalue weighted by Crippen LogP contribution is -2.23. The molecule has 2 aromatic rings. The zero-order valence-electron chi connectivity index (χ0n) is 7.75. The third-order valence-electron chi connectivity index (χ3n) is 1.77. The van der Waals surface area contributed by atoms with Crippen LogP contribution in [0, 0.1) is 0 Å². The molecule has 15 heavy (non-hydrogen) atoms. The van der Waals surface area contributed by atoms with Crippen molar-refractivity contribution in [3.8, 4) is 0 Å². The van der Waals surface area contributed by atoms with Crippen LogP contribution in [0.1, 0.15) is 16.1 Å². The van der Waals surface area contributed by atoms with Crippen LogP contribution in [0.4, 0.5) is 0 Å². The number of carbonyl (C=O) groups excluding carboxylic acids is 1. The molecule has 2 rings (SSSR count). The standard InChI is InChI=1S/C9H8N4O2/c14-9(8-6-12-15-13-8)11-5-7-2-1-3-10-4-7/h1-4,6H,5H2,(H,11,14). The lowest BCUT2D eigenvalue weighted by atomic mass is 10.3. The number of nitrogens with one attached hydrogen (secondary N) is 1. The Hall–Kier alpha value is -2.24. The average Bonchev–Trinajstić information content (AvgIpc) is 2.81. The van der Waals surface area contributed by atoms with Gasteiger partial charge >= 0.3 is 0 Å². The number of hydrogen-bond acceptors (Lipinski definition) is 5. The summed E-state index contributed by atoms with van der Waals surface area (Å²) < 4.78 is 4.31. The van der Waals surface area contributed by atoms with E-state index in [4.69, 9.17) is 0 Å². The summed E-state index contributed by atoms with van der Waals surface area (Å²) in [6.45, 7) is 0.402. The van der Waals surface area contributed by atoms with E-state index in [9.17, 15) is 4.79 Å². The molecule has 0 unspecified atom stereocenters. The van der Waals surface area contributed by atoms with Crippen molar-refractivity contribution in [2.45, 2.75) is 6.54 Å². The molecule has 0 aromatic carbocycles. The summed E-state index contributed by atoms with van der Waals surface area (Å²) in [5.74, 6) is -0.319. The van der Waals surface area contributed by atoms with Crippen LogP contribution < -0.4 is 5.32 Å². The Balaban J connectivity index is 1.92. The highest BCUT2D eigenvalue weighted by Gasteiger charge is 2.08. The second kappa shape index (κ2) is 4.32. The number of rotatable bonds is 3. The molecule has 0 aliphatic heterocycles. The number of pyridine rings is 1. The molecular formula is C9H8N4O2. The third kappa shape index (κ3) is 2.37. The summed E-state index contributed by atoms with van der Waals surface area (Å²) in [5, 5.41) is 9.41. The van der Waals surface area contributed by atoms with Gasteiger partial charge < -0.3 is 5.32 Å². The second-order valence-electron chi connectivity index (χ2n) is 2.84. The molecule has 76 valence electrons. The lowest BCUT2D eigenvalue weighted by Gasteiger charge is -2.01. The molecule has 2 heterocycles. The van der Waals surface area contributed by atoms with E-state index in [1.54, 1.807) is 18.5 Å². The monoisotopic (exact) mass is 204 g/mol. The van der Waals surface area contributed by atoms with E-state index < -0.39 is 0 Å². The van der Waals surface area contributed by atoms with Crippen molar-refractivity contribution in [2.75, 3.05) is 0 Å². The van der Waals surface area contributed by atoms with Crippen LogP contribution in [0.5, 0.6) is 0 Å². The number of carbonyl (C=O) groups is 1. The maximum absolute atomic E-state index is 11.4. The van der Waals surface area contributed by atoms with Crippen LogP contribution in [0.25, 0.3) is 0 Å². The molecule has 6 nitrogen and oxygen atoms in total. The third-order valence-corrected chi connectivity index (χ3v) is 1.77. The predicted molar refractivity (Wildman–Crippen MR) is 49.7 cm³/mol. The van der Waals surface area contributed by atoms with Crippen LogP contribution in [0.3, 0.4) is 0 Å². The van der Waals surface area contributed by atoms with Gasteiger partial charge in [-0.05, 0) is 16.8 Å². The van der Waals surface area contributed by atoms with Crippen molar-refractivity contribution in [3.05, 3.63) is 42.0 Å². The SMILES string of the molecule is O=C(NCc1cccnc1)c1cnon1.